The lowest BCUT2D eigenvalue weighted by Crippen LogP contribution is -2.48. The second-order valence-electron chi connectivity index (χ2n) is 5.19. The van der Waals surface area contributed by atoms with Gasteiger partial charge in [-0.15, -0.1) is 0 Å². The fourth-order valence-corrected chi connectivity index (χ4v) is 2.36. The maximum atomic E-state index is 11.5. The molecule has 1 atom stereocenters. The van der Waals surface area contributed by atoms with Crippen molar-refractivity contribution in [3.05, 3.63) is 0 Å². The summed E-state index contributed by atoms with van der Waals surface area (Å²) in [6.07, 6.45) is 3.57. The van der Waals surface area contributed by atoms with E-state index in [2.05, 4.69) is 36.3 Å². The number of rotatable bonds is 6. The van der Waals surface area contributed by atoms with Crippen LogP contribution in [0, 0.1) is 5.92 Å². The Kier molecular flexibility index (Phi) is 6.34. The van der Waals surface area contributed by atoms with Crippen LogP contribution in [0.15, 0.2) is 0 Å². The van der Waals surface area contributed by atoms with Gasteiger partial charge in [0.1, 0.15) is 0 Å². The number of amides is 2. The van der Waals surface area contributed by atoms with Gasteiger partial charge in [0.05, 0.1) is 0 Å². The van der Waals surface area contributed by atoms with E-state index in [0.29, 0.717) is 12.0 Å². The number of carbonyl (C=O) groups excluding carboxylic acids is 1. The molecular weight excluding hydrogens is 214 g/mol. The van der Waals surface area contributed by atoms with E-state index in [9.17, 15) is 4.79 Å². The van der Waals surface area contributed by atoms with Crippen LogP contribution in [0.2, 0.25) is 0 Å². The maximum Gasteiger partial charge on any atom is 0.314 e. The molecule has 0 aliphatic carbocycles. The predicted molar refractivity (Wildman–Crippen MR) is 71.1 cm³/mol. The molecule has 2 N–H and O–H groups in total. The zero-order valence-corrected chi connectivity index (χ0v) is 11.5. The zero-order chi connectivity index (χ0) is 12.7. The maximum absolute atomic E-state index is 11.5. The SMILES string of the molecule is CCCNC(=O)NCC(C(C)C)N1CCCC1. The molecule has 4 nitrogen and oxygen atoms in total. The van der Waals surface area contributed by atoms with Crippen LogP contribution in [0.3, 0.4) is 0 Å². The molecular formula is C13H27N3O. The molecule has 100 valence electrons. The minimum absolute atomic E-state index is 0.0308. The Hall–Kier alpha value is -0.770. The van der Waals surface area contributed by atoms with E-state index >= 15 is 0 Å². The van der Waals surface area contributed by atoms with Gasteiger partial charge in [0, 0.05) is 19.1 Å². The molecule has 17 heavy (non-hydrogen) atoms. The van der Waals surface area contributed by atoms with Crippen LogP contribution in [0.5, 0.6) is 0 Å². The molecule has 2 amide bonds. The Morgan fingerprint density at radius 3 is 2.41 bits per heavy atom. The van der Waals surface area contributed by atoms with Gasteiger partial charge in [-0.1, -0.05) is 20.8 Å². The first kappa shape index (κ1) is 14.3. The molecule has 4 heteroatoms. The van der Waals surface area contributed by atoms with E-state index in [0.717, 1.165) is 19.5 Å². The Balaban J connectivity index is 2.31. The first-order valence-corrected chi connectivity index (χ1v) is 6.91. The highest BCUT2D eigenvalue weighted by atomic mass is 16.2. The van der Waals surface area contributed by atoms with E-state index in [1.165, 1.54) is 25.9 Å². The summed E-state index contributed by atoms with van der Waals surface area (Å²) >= 11 is 0. The summed E-state index contributed by atoms with van der Waals surface area (Å²) in [4.78, 5) is 14.0. The van der Waals surface area contributed by atoms with Crippen molar-refractivity contribution in [3.63, 3.8) is 0 Å². The van der Waals surface area contributed by atoms with Crippen LogP contribution in [-0.2, 0) is 0 Å². The van der Waals surface area contributed by atoms with Crippen LogP contribution in [0.1, 0.15) is 40.0 Å². The molecule has 0 radical (unpaired) electrons. The summed E-state index contributed by atoms with van der Waals surface area (Å²) in [6, 6.07) is 0.446. The summed E-state index contributed by atoms with van der Waals surface area (Å²) in [5.74, 6) is 0.583. The van der Waals surface area contributed by atoms with Crippen LogP contribution >= 0.6 is 0 Å². The third kappa shape index (κ3) is 4.94. The number of likely N-dealkylation sites (tertiary alicyclic amines) is 1. The van der Waals surface area contributed by atoms with Crippen molar-refractivity contribution in [2.24, 2.45) is 5.92 Å². The summed E-state index contributed by atoms with van der Waals surface area (Å²) in [5.41, 5.74) is 0. The summed E-state index contributed by atoms with van der Waals surface area (Å²) < 4.78 is 0. The normalized spacial score (nSPS) is 18.4. The Bertz CT molecular complexity index is 225. The van der Waals surface area contributed by atoms with Gasteiger partial charge in [0.2, 0.25) is 0 Å². The molecule has 1 unspecified atom stereocenters. The average molecular weight is 241 g/mol. The van der Waals surface area contributed by atoms with Gasteiger partial charge in [-0.3, -0.25) is 4.90 Å². The minimum atomic E-state index is -0.0308. The molecule has 1 aliphatic heterocycles. The first-order valence-electron chi connectivity index (χ1n) is 6.91. The largest absolute Gasteiger partial charge is 0.338 e. The predicted octanol–water partition coefficient (Wildman–Crippen LogP) is 1.82. The zero-order valence-electron chi connectivity index (χ0n) is 11.5. The van der Waals surface area contributed by atoms with Crippen molar-refractivity contribution in [3.8, 4) is 0 Å². The molecule has 1 fully saturated rings. The Labute approximate surface area is 105 Å². The molecule has 1 aliphatic rings. The second-order valence-corrected chi connectivity index (χ2v) is 5.19. The minimum Gasteiger partial charge on any atom is -0.338 e. The number of hydrogen-bond donors (Lipinski definition) is 2. The number of urea groups is 1. The van der Waals surface area contributed by atoms with Gasteiger partial charge < -0.3 is 10.6 Å². The van der Waals surface area contributed by atoms with Gasteiger partial charge in [-0.2, -0.15) is 0 Å². The molecule has 1 rings (SSSR count). The quantitative estimate of drug-likeness (QED) is 0.745. The standard InChI is InChI=1S/C13H27N3O/c1-4-7-14-13(17)15-10-12(11(2)3)16-8-5-6-9-16/h11-12H,4-10H2,1-3H3,(H2,14,15,17). The average Bonchev–Trinajstić information content (AvgIpc) is 2.79. The van der Waals surface area contributed by atoms with E-state index < -0.39 is 0 Å². The highest BCUT2D eigenvalue weighted by Crippen LogP contribution is 2.16. The van der Waals surface area contributed by atoms with Gasteiger partial charge >= 0.3 is 6.03 Å². The lowest BCUT2D eigenvalue weighted by Gasteiger charge is -2.30. The molecule has 0 aromatic carbocycles. The van der Waals surface area contributed by atoms with Crippen molar-refractivity contribution in [2.75, 3.05) is 26.2 Å². The third-order valence-corrected chi connectivity index (χ3v) is 3.39. The fraction of sp³-hybridized carbons (Fsp3) is 0.923. The van der Waals surface area contributed by atoms with E-state index in [-0.39, 0.29) is 6.03 Å². The smallest absolute Gasteiger partial charge is 0.314 e. The summed E-state index contributed by atoms with van der Waals surface area (Å²) in [6.45, 7) is 10.4. The molecule has 0 spiro atoms. The number of hydrogen-bond acceptors (Lipinski definition) is 2. The van der Waals surface area contributed by atoms with Crippen molar-refractivity contribution in [1.82, 2.24) is 15.5 Å². The van der Waals surface area contributed by atoms with Gasteiger partial charge in [-0.05, 0) is 38.3 Å². The molecule has 0 aromatic rings. The Morgan fingerprint density at radius 2 is 1.88 bits per heavy atom. The molecule has 0 saturated carbocycles. The lowest BCUT2D eigenvalue weighted by molar-refractivity contribution is 0.184. The van der Waals surface area contributed by atoms with E-state index in [1.54, 1.807) is 0 Å². The van der Waals surface area contributed by atoms with Gasteiger partial charge in [0.15, 0.2) is 0 Å². The highest BCUT2D eigenvalue weighted by molar-refractivity contribution is 5.73. The summed E-state index contributed by atoms with van der Waals surface area (Å²) in [7, 11) is 0. The monoisotopic (exact) mass is 241 g/mol. The molecule has 1 heterocycles. The van der Waals surface area contributed by atoms with Gasteiger partial charge in [0.25, 0.3) is 0 Å². The molecule has 0 aromatic heterocycles. The van der Waals surface area contributed by atoms with Crippen molar-refractivity contribution in [2.45, 2.75) is 46.1 Å². The van der Waals surface area contributed by atoms with Crippen molar-refractivity contribution in [1.29, 1.82) is 0 Å². The van der Waals surface area contributed by atoms with Crippen molar-refractivity contribution >= 4 is 6.03 Å². The highest BCUT2D eigenvalue weighted by Gasteiger charge is 2.24. The van der Waals surface area contributed by atoms with Crippen LogP contribution in [0.4, 0.5) is 4.79 Å². The lowest BCUT2D eigenvalue weighted by atomic mass is 10.0. The first-order chi connectivity index (χ1) is 8.15. The summed E-state index contributed by atoms with van der Waals surface area (Å²) in [5, 5.41) is 5.83. The van der Waals surface area contributed by atoms with Gasteiger partial charge in [-0.25, -0.2) is 4.79 Å². The number of carbonyl (C=O) groups is 1. The molecule has 0 bridgehead atoms. The van der Waals surface area contributed by atoms with E-state index in [1.807, 2.05) is 0 Å². The third-order valence-electron chi connectivity index (χ3n) is 3.39. The van der Waals surface area contributed by atoms with E-state index in [4.69, 9.17) is 0 Å². The van der Waals surface area contributed by atoms with Crippen molar-refractivity contribution < 1.29 is 4.79 Å². The topological polar surface area (TPSA) is 44.4 Å². The second kappa shape index (κ2) is 7.54. The van der Waals surface area contributed by atoms with Crippen LogP contribution < -0.4 is 10.6 Å². The molecule has 1 saturated heterocycles. The fourth-order valence-electron chi connectivity index (χ4n) is 2.36. The Morgan fingerprint density at radius 1 is 1.24 bits per heavy atom. The number of nitrogens with zero attached hydrogens (tertiary/aromatic N) is 1. The van der Waals surface area contributed by atoms with Crippen LogP contribution in [0.25, 0.3) is 0 Å². The number of nitrogens with one attached hydrogen (secondary N) is 2. The van der Waals surface area contributed by atoms with Crippen LogP contribution in [-0.4, -0.2) is 43.2 Å².